The molecule has 0 spiro atoms. The summed E-state index contributed by atoms with van der Waals surface area (Å²) in [5.74, 6) is 0.173. The molecule has 0 atom stereocenters. The van der Waals surface area contributed by atoms with Gasteiger partial charge < -0.3 is 15.4 Å². The van der Waals surface area contributed by atoms with Gasteiger partial charge >= 0.3 is 0 Å². The molecule has 2 rings (SSSR count). The Morgan fingerprint density at radius 2 is 2.00 bits per heavy atom. The number of carbonyl (C=O) groups is 2. The molecule has 0 aliphatic heterocycles. The van der Waals surface area contributed by atoms with Gasteiger partial charge in [0.2, 0.25) is 11.8 Å². The second-order valence-corrected chi connectivity index (χ2v) is 5.50. The number of hydrogen-bond donors (Lipinski definition) is 2. The van der Waals surface area contributed by atoms with Crippen molar-refractivity contribution in [3.63, 3.8) is 0 Å². The van der Waals surface area contributed by atoms with Crippen molar-refractivity contribution in [3.05, 3.63) is 23.8 Å². The lowest BCUT2D eigenvalue weighted by Gasteiger charge is -2.17. The Bertz CT molecular complexity index is 550. The zero-order chi connectivity index (χ0) is 15.5. The van der Waals surface area contributed by atoms with Gasteiger partial charge in [0, 0.05) is 6.54 Å². The maximum Gasteiger partial charge on any atom is 0.240 e. The molecular formula is C16H22N2O3. The zero-order valence-corrected chi connectivity index (χ0v) is 12.8. The number of methoxy groups -OCH3 is 1. The molecule has 5 nitrogen and oxygen atoms in total. The average molecular weight is 290 g/mol. The van der Waals surface area contributed by atoms with E-state index in [1.54, 1.807) is 7.11 Å². The van der Waals surface area contributed by atoms with Crippen LogP contribution in [0.15, 0.2) is 18.2 Å². The summed E-state index contributed by atoms with van der Waals surface area (Å²) in [6.07, 6.45) is 2.06. The number of ether oxygens (including phenoxy) is 1. The van der Waals surface area contributed by atoms with Crippen LogP contribution in [0.3, 0.4) is 0 Å². The Labute approximate surface area is 125 Å². The van der Waals surface area contributed by atoms with Gasteiger partial charge in [-0.25, -0.2) is 0 Å². The number of aryl methyl sites for hydroxylation is 1. The van der Waals surface area contributed by atoms with Crippen molar-refractivity contribution in [1.82, 2.24) is 5.32 Å². The molecule has 1 aliphatic carbocycles. The summed E-state index contributed by atoms with van der Waals surface area (Å²) in [5, 5.41) is 5.65. The molecule has 0 bridgehead atoms. The minimum Gasteiger partial charge on any atom is -0.495 e. The first-order valence-corrected chi connectivity index (χ1v) is 7.28. The van der Waals surface area contributed by atoms with Crippen LogP contribution < -0.4 is 15.4 Å². The van der Waals surface area contributed by atoms with Crippen molar-refractivity contribution in [1.29, 1.82) is 0 Å². The molecule has 1 aromatic carbocycles. The summed E-state index contributed by atoms with van der Waals surface area (Å²) in [6.45, 7) is 4.52. The molecule has 0 heterocycles. The first-order valence-electron chi connectivity index (χ1n) is 7.28. The van der Waals surface area contributed by atoms with E-state index in [0.717, 1.165) is 12.0 Å². The van der Waals surface area contributed by atoms with E-state index < -0.39 is 5.41 Å². The summed E-state index contributed by atoms with van der Waals surface area (Å²) >= 11 is 0. The number of benzene rings is 1. The van der Waals surface area contributed by atoms with Gasteiger partial charge in [-0.3, -0.25) is 9.59 Å². The lowest BCUT2D eigenvalue weighted by Crippen LogP contribution is -2.40. The van der Waals surface area contributed by atoms with Crippen molar-refractivity contribution in [2.75, 3.05) is 19.0 Å². The van der Waals surface area contributed by atoms with Crippen molar-refractivity contribution < 1.29 is 14.3 Å². The van der Waals surface area contributed by atoms with Crippen LogP contribution in [0.1, 0.15) is 31.7 Å². The molecule has 2 amide bonds. The molecule has 0 aromatic heterocycles. The van der Waals surface area contributed by atoms with Crippen LogP contribution in [0.2, 0.25) is 0 Å². The van der Waals surface area contributed by atoms with E-state index in [-0.39, 0.29) is 11.8 Å². The molecule has 1 aromatic rings. The minimum absolute atomic E-state index is 0.173. The van der Waals surface area contributed by atoms with Gasteiger partial charge in [0.1, 0.15) is 11.2 Å². The molecule has 1 fully saturated rings. The average Bonchev–Trinajstić information content (AvgIpc) is 3.26. The van der Waals surface area contributed by atoms with Crippen molar-refractivity contribution in [3.8, 4) is 5.75 Å². The number of rotatable bonds is 6. The fourth-order valence-corrected chi connectivity index (χ4v) is 2.25. The SMILES string of the molecule is CCCNC(=O)C1(C(=O)Nc2cc(C)ccc2OC)CC1. The topological polar surface area (TPSA) is 67.4 Å². The second-order valence-electron chi connectivity index (χ2n) is 5.50. The zero-order valence-electron chi connectivity index (χ0n) is 12.8. The van der Waals surface area contributed by atoms with Crippen LogP contribution in [-0.2, 0) is 9.59 Å². The van der Waals surface area contributed by atoms with E-state index in [4.69, 9.17) is 4.74 Å². The van der Waals surface area contributed by atoms with Crippen LogP contribution in [0.25, 0.3) is 0 Å². The number of anilines is 1. The molecule has 114 valence electrons. The molecule has 1 saturated carbocycles. The summed E-state index contributed by atoms with van der Waals surface area (Å²) in [7, 11) is 1.56. The van der Waals surface area contributed by atoms with Crippen molar-refractivity contribution in [2.24, 2.45) is 5.41 Å². The fourth-order valence-electron chi connectivity index (χ4n) is 2.25. The Morgan fingerprint density at radius 1 is 1.29 bits per heavy atom. The Hall–Kier alpha value is -2.04. The molecule has 1 aliphatic rings. The van der Waals surface area contributed by atoms with Crippen molar-refractivity contribution >= 4 is 17.5 Å². The largest absolute Gasteiger partial charge is 0.495 e. The monoisotopic (exact) mass is 290 g/mol. The Balaban J connectivity index is 2.11. The predicted octanol–water partition coefficient (Wildman–Crippen LogP) is 2.25. The minimum atomic E-state index is -0.899. The molecule has 21 heavy (non-hydrogen) atoms. The Morgan fingerprint density at radius 3 is 2.57 bits per heavy atom. The van der Waals surface area contributed by atoms with Gasteiger partial charge in [-0.1, -0.05) is 13.0 Å². The third kappa shape index (κ3) is 3.17. The lowest BCUT2D eigenvalue weighted by molar-refractivity contribution is -0.134. The van der Waals surface area contributed by atoms with E-state index in [0.29, 0.717) is 30.8 Å². The first kappa shape index (κ1) is 15.4. The van der Waals surface area contributed by atoms with Crippen LogP contribution in [0.4, 0.5) is 5.69 Å². The normalized spacial score (nSPS) is 15.2. The molecule has 0 radical (unpaired) electrons. The van der Waals surface area contributed by atoms with E-state index in [1.807, 2.05) is 32.0 Å². The van der Waals surface area contributed by atoms with Gasteiger partial charge in [0.25, 0.3) is 0 Å². The van der Waals surface area contributed by atoms with Gasteiger partial charge in [-0.2, -0.15) is 0 Å². The van der Waals surface area contributed by atoms with Gasteiger partial charge in [0.05, 0.1) is 12.8 Å². The van der Waals surface area contributed by atoms with Gasteiger partial charge in [-0.05, 0) is 43.9 Å². The molecule has 0 saturated heterocycles. The molecule has 2 N–H and O–H groups in total. The fraction of sp³-hybridized carbons (Fsp3) is 0.500. The number of hydrogen-bond acceptors (Lipinski definition) is 3. The third-order valence-corrected chi connectivity index (χ3v) is 3.76. The van der Waals surface area contributed by atoms with E-state index in [2.05, 4.69) is 10.6 Å². The second kappa shape index (κ2) is 6.16. The number of nitrogens with one attached hydrogen (secondary N) is 2. The lowest BCUT2D eigenvalue weighted by atomic mass is 10.0. The van der Waals surface area contributed by atoms with Gasteiger partial charge in [-0.15, -0.1) is 0 Å². The van der Waals surface area contributed by atoms with E-state index >= 15 is 0 Å². The van der Waals surface area contributed by atoms with Gasteiger partial charge in [0.15, 0.2) is 0 Å². The molecular weight excluding hydrogens is 268 g/mol. The highest BCUT2D eigenvalue weighted by Crippen LogP contribution is 2.47. The highest BCUT2D eigenvalue weighted by atomic mass is 16.5. The Kier molecular flexibility index (Phi) is 4.50. The van der Waals surface area contributed by atoms with Crippen LogP contribution in [0.5, 0.6) is 5.75 Å². The smallest absolute Gasteiger partial charge is 0.240 e. The molecule has 5 heteroatoms. The number of amides is 2. The maximum absolute atomic E-state index is 12.5. The standard InChI is InChI=1S/C16H22N2O3/c1-4-9-17-14(19)16(7-8-16)15(20)18-12-10-11(2)5-6-13(12)21-3/h5-6,10H,4,7-9H2,1-3H3,(H,17,19)(H,18,20). The first-order chi connectivity index (χ1) is 10.0. The highest BCUT2D eigenvalue weighted by molar-refractivity contribution is 6.13. The summed E-state index contributed by atoms with van der Waals surface area (Å²) in [5.41, 5.74) is 0.729. The number of carbonyl (C=O) groups excluding carboxylic acids is 2. The van der Waals surface area contributed by atoms with E-state index in [1.165, 1.54) is 0 Å². The predicted molar refractivity (Wildman–Crippen MR) is 81.3 cm³/mol. The quantitative estimate of drug-likeness (QED) is 0.790. The van der Waals surface area contributed by atoms with Crippen LogP contribution in [0, 0.1) is 12.3 Å². The summed E-state index contributed by atoms with van der Waals surface area (Å²) in [6, 6.07) is 5.56. The van der Waals surface area contributed by atoms with Crippen LogP contribution in [-0.4, -0.2) is 25.5 Å². The van der Waals surface area contributed by atoms with E-state index in [9.17, 15) is 9.59 Å². The van der Waals surface area contributed by atoms with Crippen molar-refractivity contribution in [2.45, 2.75) is 33.1 Å². The third-order valence-electron chi connectivity index (χ3n) is 3.76. The maximum atomic E-state index is 12.5. The molecule has 0 unspecified atom stereocenters. The summed E-state index contributed by atoms with van der Waals surface area (Å²) in [4.78, 5) is 24.6. The summed E-state index contributed by atoms with van der Waals surface area (Å²) < 4.78 is 5.24. The highest BCUT2D eigenvalue weighted by Gasteiger charge is 2.56. The van der Waals surface area contributed by atoms with Crippen LogP contribution >= 0.6 is 0 Å².